The Labute approximate surface area is 137 Å². The largest absolute Gasteiger partial charge is 0.444 e. The zero-order valence-corrected chi connectivity index (χ0v) is 14.5. The van der Waals surface area contributed by atoms with Gasteiger partial charge in [-0.05, 0) is 40.5 Å². The Bertz CT molecular complexity index is 504. The molecule has 0 saturated carbocycles. The summed E-state index contributed by atoms with van der Waals surface area (Å²) >= 11 is 0. The Morgan fingerprint density at radius 2 is 2.35 bits per heavy atom. The highest BCUT2D eigenvalue weighted by Crippen LogP contribution is 2.15. The standard InChI is InChI=1S/C16H28N4O3/c1-12(8-17-15(21)23-16(2,3)4)19-13-9-18-20(10-13)11-14-6-5-7-22-14/h9-10,12,14,19H,5-8,11H2,1-4H3,(H,17,21). The maximum absolute atomic E-state index is 11.6. The molecule has 0 spiro atoms. The van der Waals surface area contributed by atoms with Gasteiger partial charge in [0.25, 0.3) is 0 Å². The van der Waals surface area contributed by atoms with Crippen LogP contribution < -0.4 is 10.6 Å². The van der Waals surface area contributed by atoms with E-state index in [-0.39, 0.29) is 12.1 Å². The van der Waals surface area contributed by atoms with Crippen LogP contribution in [0.25, 0.3) is 0 Å². The molecule has 1 aliphatic rings. The van der Waals surface area contributed by atoms with Gasteiger partial charge < -0.3 is 20.1 Å². The van der Waals surface area contributed by atoms with Crippen LogP contribution in [0.15, 0.2) is 12.4 Å². The van der Waals surface area contributed by atoms with Crippen LogP contribution in [-0.4, -0.2) is 46.8 Å². The maximum Gasteiger partial charge on any atom is 0.407 e. The van der Waals surface area contributed by atoms with Crippen LogP contribution in [0.5, 0.6) is 0 Å². The first-order valence-corrected chi connectivity index (χ1v) is 8.19. The lowest BCUT2D eigenvalue weighted by Crippen LogP contribution is -2.38. The number of rotatable bonds is 6. The van der Waals surface area contributed by atoms with Gasteiger partial charge in [-0.3, -0.25) is 4.68 Å². The fourth-order valence-corrected chi connectivity index (χ4v) is 2.42. The molecule has 2 rings (SSSR count). The van der Waals surface area contributed by atoms with E-state index in [1.54, 1.807) is 6.20 Å². The number of nitrogens with one attached hydrogen (secondary N) is 2. The van der Waals surface area contributed by atoms with Crippen molar-refractivity contribution in [2.75, 3.05) is 18.5 Å². The predicted octanol–water partition coefficient (Wildman–Crippen LogP) is 2.39. The average molecular weight is 324 g/mol. The third-order valence-corrected chi connectivity index (χ3v) is 3.41. The van der Waals surface area contributed by atoms with Crippen LogP contribution in [0.1, 0.15) is 40.5 Å². The molecule has 2 N–H and O–H groups in total. The van der Waals surface area contributed by atoms with Crippen molar-refractivity contribution in [1.29, 1.82) is 0 Å². The first-order valence-electron chi connectivity index (χ1n) is 8.19. The minimum absolute atomic E-state index is 0.0721. The molecule has 0 bridgehead atoms. The van der Waals surface area contributed by atoms with Gasteiger partial charge in [0.15, 0.2) is 0 Å². The number of carbonyl (C=O) groups excluding carboxylic acids is 1. The van der Waals surface area contributed by atoms with E-state index in [0.717, 1.165) is 31.7 Å². The zero-order chi connectivity index (χ0) is 16.9. The van der Waals surface area contributed by atoms with Gasteiger partial charge >= 0.3 is 6.09 Å². The van der Waals surface area contributed by atoms with E-state index in [1.165, 1.54) is 0 Å². The second-order valence-corrected chi connectivity index (χ2v) is 7.01. The lowest BCUT2D eigenvalue weighted by atomic mass is 10.2. The first-order chi connectivity index (χ1) is 10.8. The van der Waals surface area contributed by atoms with Crippen LogP contribution in [0, 0.1) is 0 Å². The second-order valence-electron chi connectivity index (χ2n) is 7.01. The van der Waals surface area contributed by atoms with Gasteiger partial charge in [0.05, 0.1) is 24.5 Å². The lowest BCUT2D eigenvalue weighted by Gasteiger charge is -2.21. The maximum atomic E-state index is 11.6. The number of ether oxygens (including phenoxy) is 2. The predicted molar refractivity (Wildman–Crippen MR) is 88.5 cm³/mol. The first kappa shape index (κ1) is 17.6. The molecular formula is C16H28N4O3. The van der Waals surface area contributed by atoms with Crippen molar-refractivity contribution in [3.63, 3.8) is 0 Å². The number of hydrogen-bond acceptors (Lipinski definition) is 5. The van der Waals surface area contributed by atoms with E-state index < -0.39 is 11.7 Å². The van der Waals surface area contributed by atoms with E-state index in [1.807, 2.05) is 38.6 Å². The number of aromatic nitrogens is 2. The molecule has 0 aliphatic carbocycles. The van der Waals surface area contributed by atoms with Gasteiger partial charge in [0.1, 0.15) is 5.60 Å². The minimum Gasteiger partial charge on any atom is -0.444 e. The molecular weight excluding hydrogens is 296 g/mol. The summed E-state index contributed by atoms with van der Waals surface area (Å²) in [5, 5.41) is 10.4. The quantitative estimate of drug-likeness (QED) is 0.840. The van der Waals surface area contributed by atoms with E-state index in [4.69, 9.17) is 9.47 Å². The molecule has 1 aromatic rings. The van der Waals surface area contributed by atoms with Crippen molar-refractivity contribution < 1.29 is 14.3 Å². The van der Waals surface area contributed by atoms with Crippen molar-refractivity contribution in [2.45, 2.75) is 64.8 Å². The number of alkyl carbamates (subject to hydrolysis) is 1. The Hall–Kier alpha value is -1.76. The van der Waals surface area contributed by atoms with Crippen molar-refractivity contribution >= 4 is 11.8 Å². The molecule has 1 fully saturated rings. The van der Waals surface area contributed by atoms with Crippen molar-refractivity contribution in [3.05, 3.63) is 12.4 Å². The van der Waals surface area contributed by atoms with Gasteiger partial charge in [0, 0.05) is 25.4 Å². The third kappa shape index (κ3) is 6.48. The van der Waals surface area contributed by atoms with Crippen LogP contribution in [-0.2, 0) is 16.0 Å². The fourth-order valence-electron chi connectivity index (χ4n) is 2.42. The summed E-state index contributed by atoms with van der Waals surface area (Å²) in [6.07, 6.45) is 5.85. The summed E-state index contributed by atoms with van der Waals surface area (Å²) in [5.41, 5.74) is 0.450. The van der Waals surface area contributed by atoms with Crippen LogP contribution in [0.3, 0.4) is 0 Å². The normalized spacial score (nSPS) is 19.4. The summed E-state index contributed by atoms with van der Waals surface area (Å²) in [6, 6.07) is 0.0721. The number of anilines is 1. The van der Waals surface area contributed by atoms with Crippen molar-refractivity contribution in [3.8, 4) is 0 Å². The van der Waals surface area contributed by atoms with Gasteiger partial charge in [-0.1, -0.05) is 0 Å². The van der Waals surface area contributed by atoms with Gasteiger partial charge in [-0.25, -0.2) is 4.79 Å². The molecule has 1 aromatic heterocycles. The molecule has 1 amide bonds. The smallest absolute Gasteiger partial charge is 0.407 e. The summed E-state index contributed by atoms with van der Waals surface area (Å²) in [4.78, 5) is 11.6. The van der Waals surface area contributed by atoms with E-state index in [9.17, 15) is 4.79 Å². The molecule has 2 atom stereocenters. The molecule has 23 heavy (non-hydrogen) atoms. The highest BCUT2D eigenvalue weighted by atomic mass is 16.6. The zero-order valence-electron chi connectivity index (χ0n) is 14.5. The molecule has 0 aromatic carbocycles. The summed E-state index contributed by atoms with van der Waals surface area (Å²) < 4.78 is 12.7. The Kier molecular flexibility index (Phi) is 5.87. The minimum atomic E-state index is -0.482. The van der Waals surface area contributed by atoms with Gasteiger partial charge in [0.2, 0.25) is 0 Å². The highest BCUT2D eigenvalue weighted by molar-refractivity contribution is 5.67. The van der Waals surface area contributed by atoms with Crippen LogP contribution in [0.4, 0.5) is 10.5 Å². The molecule has 1 aliphatic heterocycles. The molecule has 0 radical (unpaired) electrons. The SMILES string of the molecule is CC(CNC(=O)OC(C)(C)C)Nc1cnn(CC2CCCO2)c1. The van der Waals surface area contributed by atoms with Gasteiger partial charge in [-0.2, -0.15) is 5.10 Å². The molecule has 7 heteroatoms. The number of nitrogens with zero attached hydrogens (tertiary/aromatic N) is 2. The molecule has 2 unspecified atom stereocenters. The fraction of sp³-hybridized carbons (Fsp3) is 0.750. The molecule has 1 saturated heterocycles. The number of carbonyl (C=O) groups is 1. The Balaban J connectivity index is 1.71. The summed E-state index contributed by atoms with van der Waals surface area (Å²) in [6.45, 7) is 9.64. The van der Waals surface area contributed by atoms with E-state index in [2.05, 4.69) is 15.7 Å². The van der Waals surface area contributed by atoms with E-state index in [0.29, 0.717) is 6.54 Å². The second kappa shape index (κ2) is 7.68. The van der Waals surface area contributed by atoms with E-state index >= 15 is 0 Å². The van der Waals surface area contributed by atoms with Crippen molar-refractivity contribution in [1.82, 2.24) is 15.1 Å². The number of hydrogen-bond donors (Lipinski definition) is 2. The van der Waals surface area contributed by atoms with Crippen LogP contribution in [0.2, 0.25) is 0 Å². The molecule has 7 nitrogen and oxygen atoms in total. The molecule has 130 valence electrons. The summed E-state index contributed by atoms with van der Waals surface area (Å²) in [7, 11) is 0. The third-order valence-electron chi connectivity index (χ3n) is 3.41. The van der Waals surface area contributed by atoms with Gasteiger partial charge in [-0.15, -0.1) is 0 Å². The topological polar surface area (TPSA) is 77.4 Å². The average Bonchev–Trinajstić information content (AvgIpc) is 3.07. The summed E-state index contributed by atoms with van der Waals surface area (Å²) in [5.74, 6) is 0. The van der Waals surface area contributed by atoms with Crippen LogP contribution >= 0.6 is 0 Å². The monoisotopic (exact) mass is 324 g/mol. The lowest BCUT2D eigenvalue weighted by molar-refractivity contribution is 0.0526. The van der Waals surface area contributed by atoms with Crippen molar-refractivity contribution in [2.24, 2.45) is 0 Å². The Morgan fingerprint density at radius 3 is 3.00 bits per heavy atom. The highest BCUT2D eigenvalue weighted by Gasteiger charge is 2.18. The molecule has 2 heterocycles. The Morgan fingerprint density at radius 1 is 1.57 bits per heavy atom. The number of amides is 1.